The molecule has 0 bridgehead atoms. The lowest BCUT2D eigenvalue weighted by atomic mass is 9.93. The number of hydrogen-bond donors (Lipinski definition) is 0. The Morgan fingerprint density at radius 1 is 0.730 bits per heavy atom. The number of carbonyl (C=O) groups excluding carboxylic acids is 2. The first-order valence-corrected chi connectivity index (χ1v) is 15.1. The Labute approximate surface area is 234 Å². The molecule has 1 aliphatic rings. The van der Waals surface area contributed by atoms with Gasteiger partial charge in [-0.05, 0) is 99.8 Å². The van der Waals surface area contributed by atoms with Gasteiger partial charge in [0.2, 0.25) is 0 Å². The number of piperidine rings is 1. The van der Waals surface area contributed by atoms with Crippen LogP contribution in [-0.2, 0) is 22.4 Å². The SMILES string of the molecule is CCCC(Br)C(=O)Cc1c(C)cccc1C.CCCC(C(=O)Cc1c(C)cccc1C)N1CCCCC1. The molecule has 2 atom stereocenters. The van der Waals surface area contributed by atoms with E-state index in [4.69, 9.17) is 0 Å². The standard InChI is InChI=1S/C19H29NO.C14H19BrO/c1-4-9-18(20-12-6-5-7-13-20)19(21)14-17-15(2)10-8-11-16(17)3;1-4-6-13(15)14(16)9-12-10(2)7-5-8-11(12)3/h8,10-11,18H,4-7,9,12-14H2,1-3H3;5,7-8,13H,4,6,9H2,1-3H3. The number of rotatable bonds is 11. The predicted octanol–water partition coefficient (Wildman–Crippen LogP) is 8.05. The summed E-state index contributed by atoms with van der Waals surface area (Å²) in [5.41, 5.74) is 7.34. The molecule has 1 heterocycles. The van der Waals surface area contributed by atoms with Crippen LogP contribution in [0.25, 0.3) is 0 Å². The van der Waals surface area contributed by atoms with Crippen molar-refractivity contribution in [1.29, 1.82) is 0 Å². The number of hydrogen-bond acceptors (Lipinski definition) is 3. The molecule has 2 aromatic carbocycles. The van der Waals surface area contributed by atoms with Gasteiger partial charge in [-0.25, -0.2) is 0 Å². The van der Waals surface area contributed by atoms with Crippen LogP contribution in [0.15, 0.2) is 36.4 Å². The Kier molecular flexibility index (Phi) is 13.8. The van der Waals surface area contributed by atoms with Crippen molar-refractivity contribution < 1.29 is 9.59 Å². The lowest BCUT2D eigenvalue weighted by Gasteiger charge is -2.33. The molecule has 204 valence electrons. The molecular weight excluding hydrogens is 522 g/mol. The second kappa shape index (κ2) is 16.2. The van der Waals surface area contributed by atoms with Crippen LogP contribution < -0.4 is 0 Å². The fourth-order valence-corrected chi connectivity index (χ4v) is 5.92. The number of carbonyl (C=O) groups is 2. The van der Waals surface area contributed by atoms with Gasteiger partial charge in [0.15, 0.2) is 11.6 Å². The number of benzene rings is 2. The average molecular weight is 571 g/mol. The molecule has 0 N–H and O–H groups in total. The summed E-state index contributed by atoms with van der Waals surface area (Å²) < 4.78 is 0. The average Bonchev–Trinajstić information content (AvgIpc) is 2.88. The molecule has 0 saturated carbocycles. The first kappa shape index (κ1) is 31.4. The topological polar surface area (TPSA) is 37.4 Å². The summed E-state index contributed by atoms with van der Waals surface area (Å²) in [7, 11) is 0. The molecule has 2 aromatic rings. The zero-order valence-electron chi connectivity index (χ0n) is 24.0. The molecule has 0 radical (unpaired) electrons. The zero-order valence-corrected chi connectivity index (χ0v) is 25.6. The largest absolute Gasteiger partial charge is 0.298 e. The van der Waals surface area contributed by atoms with Crippen molar-refractivity contribution in [2.45, 2.75) is 110 Å². The summed E-state index contributed by atoms with van der Waals surface area (Å²) in [6.45, 7) is 14.9. The number of aryl methyl sites for hydroxylation is 4. The fourth-order valence-electron chi connectivity index (χ4n) is 5.30. The van der Waals surface area contributed by atoms with E-state index in [0.29, 0.717) is 24.4 Å². The highest BCUT2D eigenvalue weighted by atomic mass is 79.9. The first-order chi connectivity index (χ1) is 17.7. The van der Waals surface area contributed by atoms with E-state index in [1.807, 2.05) is 6.07 Å². The Bertz CT molecular complexity index is 969. The minimum Gasteiger partial charge on any atom is -0.298 e. The summed E-state index contributed by atoms with van der Waals surface area (Å²) in [5.74, 6) is 0.704. The second-order valence-electron chi connectivity index (χ2n) is 10.7. The molecule has 1 saturated heterocycles. The van der Waals surface area contributed by atoms with E-state index >= 15 is 0 Å². The highest BCUT2D eigenvalue weighted by Crippen LogP contribution is 2.21. The van der Waals surface area contributed by atoms with Gasteiger partial charge in [-0.3, -0.25) is 14.5 Å². The van der Waals surface area contributed by atoms with Crippen molar-refractivity contribution in [3.63, 3.8) is 0 Å². The van der Waals surface area contributed by atoms with Gasteiger partial charge in [-0.2, -0.15) is 0 Å². The smallest absolute Gasteiger partial charge is 0.154 e. The van der Waals surface area contributed by atoms with Crippen LogP contribution in [0.4, 0.5) is 0 Å². The monoisotopic (exact) mass is 569 g/mol. The number of ketones is 2. The van der Waals surface area contributed by atoms with Gasteiger partial charge in [0.1, 0.15) is 0 Å². The van der Waals surface area contributed by atoms with Gasteiger partial charge in [-0.15, -0.1) is 0 Å². The summed E-state index contributed by atoms with van der Waals surface area (Å²) in [4.78, 5) is 27.3. The summed E-state index contributed by atoms with van der Waals surface area (Å²) in [6.07, 6.45) is 9.00. The first-order valence-electron chi connectivity index (χ1n) is 14.2. The summed E-state index contributed by atoms with van der Waals surface area (Å²) >= 11 is 3.46. The number of nitrogens with zero attached hydrogens (tertiary/aromatic N) is 1. The highest BCUT2D eigenvalue weighted by Gasteiger charge is 2.26. The Morgan fingerprint density at radius 2 is 1.16 bits per heavy atom. The number of alkyl halides is 1. The number of Topliss-reactive ketones (excluding diaryl/α,β-unsaturated/α-hetero) is 2. The van der Waals surface area contributed by atoms with Crippen LogP contribution in [0.1, 0.15) is 92.2 Å². The van der Waals surface area contributed by atoms with Crippen molar-refractivity contribution in [1.82, 2.24) is 4.90 Å². The van der Waals surface area contributed by atoms with Crippen LogP contribution in [0.2, 0.25) is 0 Å². The van der Waals surface area contributed by atoms with Crippen LogP contribution in [-0.4, -0.2) is 40.4 Å². The molecule has 4 heteroatoms. The highest BCUT2D eigenvalue weighted by molar-refractivity contribution is 9.10. The van der Waals surface area contributed by atoms with E-state index in [1.54, 1.807) is 0 Å². The minimum atomic E-state index is 0.0107. The van der Waals surface area contributed by atoms with E-state index in [9.17, 15) is 9.59 Å². The van der Waals surface area contributed by atoms with Crippen LogP contribution in [0, 0.1) is 27.7 Å². The van der Waals surface area contributed by atoms with Crippen molar-refractivity contribution in [3.05, 3.63) is 69.8 Å². The number of likely N-dealkylation sites (tertiary alicyclic amines) is 1. The van der Waals surface area contributed by atoms with Crippen molar-refractivity contribution in [3.8, 4) is 0 Å². The van der Waals surface area contributed by atoms with E-state index in [0.717, 1.165) is 38.8 Å². The maximum atomic E-state index is 12.9. The van der Waals surface area contributed by atoms with Crippen molar-refractivity contribution in [2.75, 3.05) is 13.1 Å². The normalized spacial score (nSPS) is 15.4. The Hall–Kier alpha value is -1.78. The van der Waals surface area contributed by atoms with Gasteiger partial charge in [0.25, 0.3) is 0 Å². The van der Waals surface area contributed by atoms with E-state index in [2.05, 4.69) is 92.7 Å². The van der Waals surface area contributed by atoms with Gasteiger partial charge < -0.3 is 0 Å². The molecule has 0 spiro atoms. The third-order valence-electron chi connectivity index (χ3n) is 7.65. The van der Waals surface area contributed by atoms with Crippen LogP contribution in [0.5, 0.6) is 0 Å². The molecule has 3 nitrogen and oxygen atoms in total. The number of halogens is 1. The molecule has 0 aromatic heterocycles. The molecule has 0 aliphatic carbocycles. The van der Waals surface area contributed by atoms with Crippen molar-refractivity contribution in [2.24, 2.45) is 0 Å². The van der Waals surface area contributed by atoms with Gasteiger partial charge in [-0.1, -0.05) is 85.4 Å². The lowest BCUT2D eigenvalue weighted by Crippen LogP contribution is -2.44. The summed E-state index contributed by atoms with van der Waals surface area (Å²) in [5, 5.41) is 0. The van der Waals surface area contributed by atoms with E-state index < -0.39 is 0 Å². The Morgan fingerprint density at radius 3 is 1.59 bits per heavy atom. The minimum absolute atomic E-state index is 0.0107. The summed E-state index contributed by atoms with van der Waals surface area (Å²) in [6, 6.07) is 12.6. The van der Waals surface area contributed by atoms with E-state index in [1.165, 1.54) is 52.6 Å². The molecule has 1 fully saturated rings. The van der Waals surface area contributed by atoms with E-state index in [-0.39, 0.29) is 10.9 Å². The molecule has 2 unspecified atom stereocenters. The Balaban J connectivity index is 0.000000271. The third kappa shape index (κ3) is 9.80. The molecule has 0 amide bonds. The maximum absolute atomic E-state index is 12.9. The second-order valence-corrected chi connectivity index (χ2v) is 11.8. The van der Waals surface area contributed by atoms with Gasteiger partial charge >= 0.3 is 0 Å². The van der Waals surface area contributed by atoms with Gasteiger partial charge in [0.05, 0.1) is 10.9 Å². The molecular formula is C33H48BrNO2. The van der Waals surface area contributed by atoms with Crippen molar-refractivity contribution >= 4 is 27.5 Å². The lowest BCUT2D eigenvalue weighted by molar-refractivity contribution is -0.124. The molecule has 37 heavy (non-hydrogen) atoms. The maximum Gasteiger partial charge on any atom is 0.154 e. The van der Waals surface area contributed by atoms with Crippen LogP contribution >= 0.6 is 15.9 Å². The predicted molar refractivity (Wildman–Crippen MR) is 161 cm³/mol. The molecule has 1 aliphatic heterocycles. The quantitative estimate of drug-likeness (QED) is 0.257. The third-order valence-corrected chi connectivity index (χ3v) is 8.62. The van der Waals surface area contributed by atoms with Crippen LogP contribution in [0.3, 0.4) is 0 Å². The molecule has 3 rings (SSSR count). The van der Waals surface area contributed by atoms with Gasteiger partial charge in [0, 0.05) is 12.8 Å². The zero-order chi connectivity index (χ0) is 27.4. The fraction of sp³-hybridized carbons (Fsp3) is 0.576.